The second-order valence-corrected chi connectivity index (χ2v) is 4.98. The van der Waals surface area contributed by atoms with E-state index in [0.717, 1.165) is 30.0 Å². The maximum atomic E-state index is 6.00. The second kappa shape index (κ2) is 4.79. The smallest absolute Gasteiger partial charge is 0.141 e. The number of imidazole rings is 1. The van der Waals surface area contributed by atoms with Crippen LogP contribution in [0.25, 0.3) is 11.3 Å². The van der Waals surface area contributed by atoms with Gasteiger partial charge in [0.1, 0.15) is 13.7 Å². The van der Waals surface area contributed by atoms with Crippen LogP contribution in [0.1, 0.15) is 24.7 Å². The molecular formula is C13H13BClN3. The Labute approximate surface area is 112 Å². The monoisotopic (exact) mass is 257 g/mol. The minimum atomic E-state index is 0.299. The normalized spacial score (nSPS) is 19.3. The van der Waals surface area contributed by atoms with E-state index in [4.69, 9.17) is 19.4 Å². The Kier molecular flexibility index (Phi) is 3.14. The van der Waals surface area contributed by atoms with Crippen molar-refractivity contribution in [3.05, 3.63) is 35.1 Å². The quantitative estimate of drug-likeness (QED) is 0.808. The van der Waals surface area contributed by atoms with Crippen LogP contribution in [0.2, 0.25) is 5.02 Å². The Morgan fingerprint density at radius 3 is 2.72 bits per heavy atom. The summed E-state index contributed by atoms with van der Waals surface area (Å²) in [7, 11) is 6.00. The van der Waals surface area contributed by atoms with Gasteiger partial charge < -0.3 is 10.3 Å². The van der Waals surface area contributed by atoms with Gasteiger partial charge >= 0.3 is 0 Å². The average Bonchev–Trinajstić information content (AvgIpc) is 2.99. The molecule has 1 atom stereocenters. The van der Waals surface area contributed by atoms with Gasteiger partial charge in [0.15, 0.2) is 0 Å². The predicted octanol–water partition coefficient (Wildman–Crippen LogP) is 1.95. The highest BCUT2D eigenvalue weighted by molar-refractivity contribution is 6.34. The number of nitrogens with one attached hydrogen (secondary N) is 2. The molecule has 2 heterocycles. The van der Waals surface area contributed by atoms with Crippen LogP contribution in [0.3, 0.4) is 0 Å². The zero-order chi connectivity index (χ0) is 12.5. The van der Waals surface area contributed by atoms with Crippen molar-refractivity contribution >= 4 is 25.0 Å². The number of benzene rings is 1. The first-order valence-electron chi connectivity index (χ1n) is 6.09. The second-order valence-electron chi connectivity index (χ2n) is 4.54. The standard InChI is InChI=1S/C13H13BClN3/c14-12-11(8-3-5-9(15)6-4-8)17-13(18-12)10-2-1-7-16-10/h3-6,10,16H,1-2,7H2,(H,17,18). The molecule has 1 aliphatic rings. The van der Waals surface area contributed by atoms with E-state index in [-0.39, 0.29) is 0 Å². The lowest BCUT2D eigenvalue weighted by Gasteiger charge is -2.05. The molecular weight excluding hydrogens is 244 g/mol. The number of rotatable bonds is 2. The minimum absolute atomic E-state index is 0.299. The van der Waals surface area contributed by atoms with Gasteiger partial charge in [0.25, 0.3) is 0 Å². The Balaban J connectivity index is 1.94. The number of aromatic nitrogens is 2. The summed E-state index contributed by atoms with van der Waals surface area (Å²) in [5, 5.41) is 4.12. The predicted molar refractivity (Wildman–Crippen MR) is 74.4 cm³/mol. The van der Waals surface area contributed by atoms with Crippen molar-refractivity contribution in [1.29, 1.82) is 0 Å². The van der Waals surface area contributed by atoms with Crippen LogP contribution in [-0.2, 0) is 0 Å². The van der Waals surface area contributed by atoms with Crippen LogP contribution >= 0.6 is 11.6 Å². The zero-order valence-electron chi connectivity index (χ0n) is 9.91. The number of hydrogen-bond acceptors (Lipinski definition) is 2. The largest absolute Gasteiger partial charge is 0.354 e. The van der Waals surface area contributed by atoms with Crippen molar-refractivity contribution in [3.63, 3.8) is 0 Å². The fourth-order valence-corrected chi connectivity index (χ4v) is 2.44. The van der Waals surface area contributed by atoms with Crippen LogP contribution in [0.15, 0.2) is 24.3 Å². The fourth-order valence-electron chi connectivity index (χ4n) is 2.32. The van der Waals surface area contributed by atoms with Crippen LogP contribution < -0.4 is 10.9 Å². The summed E-state index contributed by atoms with van der Waals surface area (Å²) >= 11 is 5.88. The molecule has 1 aliphatic heterocycles. The highest BCUT2D eigenvalue weighted by atomic mass is 35.5. The van der Waals surface area contributed by atoms with E-state index < -0.39 is 0 Å². The molecule has 5 heteroatoms. The third-order valence-electron chi connectivity index (χ3n) is 3.26. The van der Waals surface area contributed by atoms with Gasteiger partial charge in [-0.3, -0.25) is 0 Å². The first-order chi connectivity index (χ1) is 8.74. The maximum absolute atomic E-state index is 6.00. The SMILES string of the molecule is [B]c1[nH]c(C2CCCN2)nc1-c1ccc(Cl)cc1. The van der Waals surface area contributed by atoms with Gasteiger partial charge in [0.05, 0.1) is 11.7 Å². The lowest BCUT2D eigenvalue weighted by molar-refractivity contribution is 0.613. The molecule has 0 spiro atoms. The van der Waals surface area contributed by atoms with Crippen LogP contribution in [0.5, 0.6) is 0 Å². The number of hydrogen-bond donors (Lipinski definition) is 2. The van der Waals surface area contributed by atoms with Gasteiger partial charge in [-0.15, -0.1) is 0 Å². The summed E-state index contributed by atoms with van der Waals surface area (Å²) < 4.78 is 0. The molecule has 0 bridgehead atoms. The van der Waals surface area contributed by atoms with Crippen molar-refractivity contribution in [2.45, 2.75) is 18.9 Å². The molecule has 18 heavy (non-hydrogen) atoms. The van der Waals surface area contributed by atoms with Gasteiger partial charge in [0.2, 0.25) is 0 Å². The Morgan fingerprint density at radius 1 is 1.28 bits per heavy atom. The topological polar surface area (TPSA) is 40.7 Å². The summed E-state index contributed by atoms with van der Waals surface area (Å²) in [6.07, 6.45) is 2.29. The summed E-state index contributed by atoms with van der Waals surface area (Å²) in [6.45, 7) is 1.04. The molecule has 2 aromatic rings. The maximum Gasteiger partial charge on any atom is 0.141 e. The third kappa shape index (κ3) is 2.18. The van der Waals surface area contributed by atoms with E-state index in [1.54, 1.807) is 0 Å². The van der Waals surface area contributed by atoms with E-state index in [9.17, 15) is 0 Å². The molecule has 2 radical (unpaired) electrons. The van der Waals surface area contributed by atoms with E-state index in [1.807, 2.05) is 24.3 Å². The molecule has 0 amide bonds. The molecule has 0 saturated carbocycles. The highest BCUT2D eigenvalue weighted by Gasteiger charge is 2.20. The van der Waals surface area contributed by atoms with Gasteiger partial charge in [-0.2, -0.15) is 0 Å². The molecule has 2 N–H and O–H groups in total. The Hall–Kier alpha value is -1.26. The van der Waals surface area contributed by atoms with Crippen molar-refractivity contribution in [2.75, 3.05) is 6.54 Å². The van der Waals surface area contributed by atoms with Crippen molar-refractivity contribution in [3.8, 4) is 11.3 Å². The number of aromatic amines is 1. The number of nitrogens with zero attached hydrogens (tertiary/aromatic N) is 1. The lowest BCUT2D eigenvalue weighted by atomic mass is 9.98. The first kappa shape index (κ1) is 11.8. The number of halogens is 1. The Bertz CT molecular complexity index is 544. The molecule has 1 aromatic carbocycles. The van der Waals surface area contributed by atoms with Crippen molar-refractivity contribution < 1.29 is 0 Å². The summed E-state index contributed by atoms with van der Waals surface area (Å²) in [4.78, 5) is 7.78. The molecule has 1 saturated heterocycles. The van der Waals surface area contributed by atoms with Gasteiger partial charge in [0, 0.05) is 10.6 Å². The van der Waals surface area contributed by atoms with Crippen LogP contribution in [0, 0.1) is 0 Å². The molecule has 1 aromatic heterocycles. The van der Waals surface area contributed by atoms with E-state index in [2.05, 4.69) is 15.3 Å². The minimum Gasteiger partial charge on any atom is -0.354 e. The summed E-state index contributed by atoms with van der Waals surface area (Å²) in [6, 6.07) is 7.85. The Morgan fingerprint density at radius 2 is 2.06 bits per heavy atom. The highest BCUT2D eigenvalue weighted by Crippen LogP contribution is 2.23. The van der Waals surface area contributed by atoms with Crippen LogP contribution in [-0.4, -0.2) is 24.4 Å². The van der Waals surface area contributed by atoms with Gasteiger partial charge in [-0.1, -0.05) is 23.7 Å². The molecule has 90 valence electrons. The zero-order valence-corrected chi connectivity index (χ0v) is 10.7. The first-order valence-corrected chi connectivity index (χ1v) is 6.46. The average molecular weight is 258 g/mol. The number of H-pyrrole nitrogens is 1. The van der Waals surface area contributed by atoms with E-state index in [0.29, 0.717) is 16.7 Å². The lowest BCUT2D eigenvalue weighted by Crippen LogP contribution is -2.15. The molecule has 0 aliphatic carbocycles. The van der Waals surface area contributed by atoms with Crippen molar-refractivity contribution in [1.82, 2.24) is 15.3 Å². The summed E-state index contributed by atoms with van der Waals surface area (Å²) in [5.74, 6) is 0.926. The summed E-state index contributed by atoms with van der Waals surface area (Å²) in [5.41, 5.74) is 2.40. The van der Waals surface area contributed by atoms with E-state index in [1.165, 1.54) is 6.42 Å². The van der Waals surface area contributed by atoms with E-state index >= 15 is 0 Å². The molecule has 1 fully saturated rings. The van der Waals surface area contributed by atoms with Crippen molar-refractivity contribution in [2.24, 2.45) is 0 Å². The van der Waals surface area contributed by atoms with Gasteiger partial charge in [-0.25, -0.2) is 4.98 Å². The van der Waals surface area contributed by atoms with Gasteiger partial charge in [-0.05, 0) is 37.1 Å². The van der Waals surface area contributed by atoms with Crippen LogP contribution in [0.4, 0.5) is 0 Å². The fraction of sp³-hybridized carbons (Fsp3) is 0.308. The molecule has 1 unspecified atom stereocenters. The molecule has 3 rings (SSSR count). The molecule has 3 nitrogen and oxygen atoms in total. The third-order valence-corrected chi connectivity index (χ3v) is 3.51.